The van der Waals surface area contributed by atoms with Crippen LogP contribution in [0.1, 0.15) is 5.82 Å². The second-order valence-corrected chi connectivity index (χ2v) is 5.75. The fourth-order valence-electron chi connectivity index (χ4n) is 2.11. The van der Waals surface area contributed by atoms with Crippen molar-refractivity contribution in [2.75, 3.05) is 0 Å². The molecule has 2 aromatic carbocycles. The van der Waals surface area contributed by atoms with Crippen molar-refractivity contribution in [2.45, 2.75) is 5.88 Å². The topological polar surface area (TPSA) is 17.8 Å². The van der Waals surface area contributed by atoms with Crippen LogP contribution < -0.4 is 0 Å². The molecule has 3 rings (SSSR count). The molecule has 0 atom stereocenters. The average molecular weight is 346 g/mol. The number of alkyl halides is 1. The standard InChI is InChI=1S/C14H8Cl4N2/c15-7-14-19-12-5-8(16)1-4-13(12)20(14)9-2-3-10(17)11(18)6-9/h1-6H,7H2. The van der Waals surface area contributed by atoms with Crippen molar-refractivity contribution in [3.8, 4) is 5.69 Å². The van der Waals surface area contributed by atoms with Gasteiger partial charge >= 0.3 is 0 Å². The van der Waals surface area contributed by atoms with Crippen LogP contribution in [0.4, 0.5) is 0 Å². The summed E-state index contributed by atoms with van der Waals surface area (Å²) in [6.45, 7) is 0. The first-order valence-corrected chi connectivity index (χ1v) is 7.45. The molecule has 1 aromatic heterocycles. The SMILES string of the molecule is ClCc1nc2cc(Cl)ccc2n1-c1ccc(Cl)c(Cl)c1. The third-order valence-electron chi connectivity index (χ3n) is 2.97. The Morgan fingerprint density at radius 2 is 1.75 bits per heavy atom. The Bertz CT molecular complexity index is 795. The van der Waals surface area contributed by atoms with Gasteiger partial charge < -0.3 is 0 Å². The third kappa shape index (κ3) is 2.38. The third-order valence-corrected chi connectivity index (χ3v) is 4.18. The number of rotatable bonds is 2. The maximum atomic E-state index is 6.08. The summed E-state index contributed by atoms with van der Waals surface area (Å²) in [5.74, 6) is 1.01. The van der Waals surface area contributed by atoms with E-state index >= 15 is 0 Å². The molecule has 0 fully saturated rings. The van der Waals surface area contributed by atoms with Crippen molar-refractivity contribution in [1.29, 1.82) is 0 Å². The monoisotopic (exact) mass is 344 g/mol. The first-order valence-electron chi connectivity index (χ1n) is 5.78. The predicted molar refractivity (Wildman–Crippen MR) is 85.7 cm³/mol. The van der Waals surface area contributed by atoms with E-state index in [0.29, 0.717) is 15.1 Å². The van der Waals surface area contributed by atoms with Gasteiger partial charge in [0.15, 0.2) is 0 Å². The van der Waals surface area contributed by atoms with Gasteiger partial charge in [0.25, 0.3) is 0 Å². The van der Waals surface area contributed by atoms with Crippen molar-refractivity contribution in [2.24, 2.45) is 0 Å². The molecule has 0 saturated heterocycles. The van der Waals surface area contributed by atoms with E-state index in [9.17, 15) is 0 Å². The quantitative estimate of drug-likeness (QED) is 0.543. The maximum absolute atomic E-state index is 6.08. The molecule has 6 heteroatoms. The Morgan fingerprint density at radius 1 is 0.950 bits per heavy atom. The van der Waals surface area contributed by atoms with Crippen molar-refractivity contribution < 1.29 is 0 Å². The minimum absolute atomic E-state index is 0.284. The average Bonchev–Trinajstić information content (AvgIpc) is 2.79. The number of hydrogen-bond donors (Lipinski definition) is 0. The van der Waals surface area contributed by atoms with E-state index in [4.69, 9.17) is 46.4 Å². The Kier molecular flexibility index (Phi) is 3.83. The fourth-order valence-corrected chi connectivity index (χ4v) is 2.74. The molecule has 0 unspecified atom stereocenters. The Morgan fingerprint density at radius 3 is 2.45 bits per heavy atom. The number of aromatic nitrogens is 2. The zero-order valence-corrected chi connectivity index (χ0v) is 13.1. The van der Waals surface area contributed by atoms with Crippen molar-refractivity contribution in [3.63, 3.8) is 0 Å². The number of benzene rings is 2. The summed E-state index contributed by atoms with van der Waals surface area (Å²) in [7, 11) is 0. The second-order valence-electron chi connectivity index (χ2n) is 4.23. The van der Waals surface area contributed by atoms with Crippen LogP contribution >= 0.6 is 46.4 Å². The molecule has 2 nitrogen and oxygen atoms in total. The number of halogens is 4. The lowest BCUT2D eigenvalue weighted by Gasteiger charge is -2.09. The van der Waals surface area contributed by atoms with Gasteiger partial charge in [-0.2, -0.15) is 0 Å². The first-order chi connectivity index (χ1) is 9.60. The molecule has 0 bridgehead atoms. The van der Waals surface area contributed by atoms with Crippen LogP contribution in [0.25, 0.3) is 16.7 Å². The van der Waals surface area contributed by atoms with Crippen molar-refractivity contribution in [1.82, 2.24) is 9.55 Å². The molecule has 20 heavy (non-hydrogen) atoms. The highest BCUT2D eigenvalue weighted by Gasteiger charge is 2.13. The Balaban J connectivity index is 2.30. The molecule has 0 saturated carbocycles. The van der Waals surface area contributed by atoms with E-state index in [1.165, 1.54) is 0 Å². The zero-order valence-electron chi connectivity index (χ0n) is 10.1. The van der Waals surface area contributed by atoms with E-state index in [2.05, 4.69) is 4.98 Å². The highest BCUT2D eigenvalue weighted by Crippen LogP contribution is 2.29. The smallest absolute Gasteiger partial charge is 0.129 e. The van der Waals surface area contributed by atoms with Gasteiger partial charge in [0.1, 0.15) is 5.82 Å². The first kappa shape index (κ1) is 14.0. The van der Waals surface area contributed by atoms with Gasteiger partial charge in [0.05, 0.1) is 27.0 Å². The summed E-state index contributed by atoms with van der Waals surface area (Å²) in [6, 6.07) is 10.9. The minimum Gasteiger partial charge on any atom is -0.295 e. The molecule has 3 aromatic rings. The number of fused-ring (bicyclic) bond motifs is 1. The number of nitrogens with zero attached hydrogens (tertiary/aromatic N) is 2. The lowest BCUT2D eigenvalue weighted by Crippen LogP contribution is -1.99. The fraction of sp³-hybridized carbons (Fsp3) is 0.0714. The van der Waals surface area contributed by atoms with E-state index in [1.54, 1.807) is 18.2 Å². The highest BCUT2D eigenvalue weighted by molar-refractivity contribution is 6.42. The number of hydrogen-bond acceptors (Lipinski definition) is 1. The maximum Gasteiger partial charge on any atom is 0.129 e. The Hall–Kier alpha value is -0.930. The molecule has 0 N–H and O–H groups in total. The summed E-state index contributed by atoms with van der Waals surface area (Å²) >= 11 is 24.0. The highest BCUT2D eigenvalue weighted by atomic mass is 35.5. The molecule has 0 aliphatic heterocycles. The second kappa shape index (κ2) is 5.45. The molecule has 0 aliphatic carbocycles. The minimum atomic E-state index is 0.284. The lowest BCUT2D eigenvalue weighted by molar-refractivity contribution is 0.982. The van der Waals surface area contributed by atoms with Crippen LogP contribution in [0.5, 0.6) is 0 Å². The van der Waals surface area contributed by atoms with Gasteiger partial charge in [-0.1, -0.05) is 34.8 Å². The normalized spacial score (nSPS) is 11.2. The zero-order chi connectivity index (χ0) is 14.3. The van der Waals surface area contributed by atoms with Gasteiger partial charge in [-0.25, -0.2) is 4.98 Å². The van der Waals surface area contributed by atoms with Crippen LogP contribution in [0.2, 0.25) is 15.1 Å². The van der Waals surface area contributed by atoms with Crippen LogP contribution in [0.15, 0.2) is 36.4 Å². The molecular weight excluding hydrogens is 338 g/mol. The summed E-state index contributed by atoms with van der Waals surface area (Å²) in [5.41, 5.74) is 2.57. The van der Waals surface area contributed by atoms with E-state index in [-0.39, 0.29) is 5.88 Å². The van der Waals surface area contributed by atoms with Gasteiger partial charge in [0.2, 0.25) is 0 Å². The summed E-state index contributed by atoms with van der Waals surface area (Å²) < 4.78 is 1.95. The largest absolute Gasteiger partial charge is 0.295 e. The van der Waals surface area contributed by atoms with Crippen LogP contribution in [-0.4, -0.2) is 9.55 Å². The van der Waals surface area contributed by atoms with Crippen molar-refractivity contribution in [3.05, 3.63) is 57.3 Å². The van der Waals surface area contributed by atoms with Crippen LogP contribution in [-0.2, 0) is 5.88 Å². The van der Waals surface area contributed by atoms with Gasteiger partial charge in [0, 0.05) is 10.7 Å². The van der Waals surface area contributed by atoms with Crippen LogP contribution in [0, 0.1) is 0 Å². The van der Waals surface area contributed by atoms with E-state index < -0.39 is 0 Å². The summed E-state index contributed by atoms with van der Waals surface area (Å²) in [4.78, 5) is 4.49. The van der Waals surface area contributed by atoms with E-state index in [0.717, 1.165) is 22.5 Å². The molecule has 0 radical (unpaired) electrons. The summed E-state index contributed by atoms with van der Waals surface area (Å²) in [5, 5.41) is 1.63. The number of imidazole rings is 1. The van der Waals surface area contributed by atoms with Crippen molar-refractivity contribution >= 4 is 57.4 Å². The van der Waals surface area contributed by atoms with Gasteiger partial charge in [-0.3, -0.25) is 4.57 Å². The van der Waals surface area contributed by atoms with E-state index in [1.807, 2.05) is 22.8 Å². The lowest BCUT2D eigenvalue weighted by atomic mass is 10.2. The Labute approximate surface area is 135 Å². The molecule has 102 valence electrons. The summed E-state index contributed by atoms with van der Waals surface area (Å²) in [6.07, 6.45) is 0. The van der Waals surface area contributed by atoms with Gasteiger partial charge in [-0.15, -0.1) is 11.6 Å². The molecule has 0 aliphatic rings. The van der Waals surface area contributed by atoms with Crippen LogP contribution in [0.3, 0.4) is 0 Å². The predicted octanol–water partition coefficient (Wildman–Crippen LogP) is 5.72. The van der Waals surface area contributed by atoms with Gasteiger partial charge in [-0.05, 0) is 36.4 Å². The molecule has 0 amide bonds. The molecular formula is C14H8Cl4N2. The molecule has 1 heterocycles. The molecule has 0 spiro atoms.